The van der Waals surface area contributed by atoms with Crippen molar-refractivity contribution >= 4 is 21.4 Å². The van der Waals surface area contributed by atoms with Gasteiger partial charge in [-0.25, -0.2) is 13.1 Å². The molecule has 4 N–H and O–H groups in total. The van der Waals surface area contributed by atoms with E-state index in [2.05, 4.69) is 10.0 Å². The van der Waals surface area contributed by atoms with Gasteiger partial charge in [0.2, 0.25) is 10.0 Å². The molecule has 0 radical (unpaired) electrons. The molecule has 0 fully saturated rings. The van der Waals surface area contributed by atoms with Crippen LogP contribution in [0.15, 0.2) is 53.4 Å². The van der Waals surface area contributed by atoms with Crippen LogP contribution in [-0.2, 0) is 16.6 Å². The Labute approximate surface area is 118 Å². The molecule has 2 rings (SSSR count). The van der Waals surface area contributed by atoms with Crippen molar-refractivity contribution in [2.24, 2.45) is 0 Å². The number of rotatable bonds is 5. The highest BCUT2D eigenvalue weighted by atomic mass is 32.2. The quantitative estimate of drug-likeness (QED) is 0.733. The van der Waals surface area contributed by atoms with Gasteiger partial charge in [0.05, 0.1) is 5.69 Å². The van der Waals surface area contributed by atoms with Crippen molar-refractivity contribution in [2.45, 2.75) is 11.4 Å². The van der Waals surface area contributed by atoms with Gasteiger partial charge in [0.15, 0.2) is 0 Å². The Kier molecular flexibility index (Phi) is 4.26. The van der Waals surface area contributed by atoms with Crippen molar-refractivity contribution in [1.29, 1.82) is 0 Å². The van der Waals surface area contributed by atoms with Crippen LogP contribution in [0.3, 0.4) is 0 Å². The van der Waals surface area contributed by atoms with Crippen LogP contribution >= 0.6 is 0 Å². The summed E-state index contributed by atoms with van der Waals surface area (Å²) in [5.41, 5.74) is 7.66. The minimum absolute atomic E-state index is 0.149. The molecular weight excluding hydrogens is 274 g/mol. The molecule has 0 saturated heterocycles. The van der Waals surface area contributed by atoms with Gasteiger partial charge < -0.3 is 11.1 Å². The summed E-state index contributed by atoms with van der Waals surface area (Å²) >= 11 is 0. The average Bonchev–Trinajstić information content (AvgIpc) is 2.47. The lowest BCUT2D eigenvalue weighted by atomic mass is 10.2. The number of sulfonamides is 1. The Morgan fingerprint density at radius 2 is 1.80 bits per heavy atom. The van der Waals surface area contributed by atoms with Gasteiger partial charge in [-0.05, 0) is 30.8 Å². The molecule has 0 atom stereocenters. The molecule has 5 nitrogen and oxygen atoms in total. The fourth-order valence-electron chi connectivity index (χ4n) is 1.81. The summed E-state index contributed by atoms with van der Waals surface area (Å²) in [7, 11) is -2.17. The topological polar surface area (TPSA) is 84.2 Å². The highest BCUT2D eigenvalue weighted by Crippen LogP contribution is 2.24. The first kappa shape index (κ1) is 14.4. The van der Waals surface area contributed by atoms with E-state index in [-0.39, 0.29) is 4.90 Å². The second-order valence-electron chi connectivity index (χ2n) is 4.30. The van der Waals surface area contributed by atoms with Gasteiger partial charge in [0.25, 0.3) is 0 Å². The maximum absolute atomic E-state index is 12.0. The number of nitrogen functional groups attached to an aromatic ring is 1. The monoisotopic (exact) mass is 291 g/mol. The van der Waals surface area contributed by atoms with Crippen LogP contribution in [0.1, 0.15) is 5.56 Å². The standard InChI is InChI=1S/C14H17N3O2S/c1-16-20(18,19)14-9-12(15)7-8-13(14)17-10-11-5-3-2-4-6-11/h2-9,16-17H,10,15H2,1H3. The van der Waals surface area contributed by atoms with Crippen LogP contribution in [0.5, 0.6) is 0 Å². The van der Waals surface area contributed by atoms with Crippen molar-refractivity contribution in [2.75, 3.05) is 18.1 Å². The summed E-state index contributed by atoms with van der Waals surface area (Å²) in [6, 6.07) is 14.5. The van der Waals surface area contributed by atoms with Gasteiger partial charge in [0, 0.05) is 12.2 Å². The molecule has 6 heteroatoms. The predicted octanol–water partition coefficient (Wildman–Crippen LogP) is 1.79. The number of benzene rings is 2. The summed E-state index contributed by atoms with van der Waals surface area (Å²) in [4.78, 5) is 0.149. The third-order valence-corrected chi connectivity index (χ3v) is 4.34. The fourth-order valence-corrected chi connectivity index (χ4v) is 2.75. The van der Waals surface area contributed by atoms with Crippen LogP contribution < -0.4 is 15.8 Å². The van der Waals surface area contributed by atoms with Gasteiger partial charge in [-0.2, -0.15) is 0 Å². The van der Waals surface area contributed by atoms with E-state index < -0.39 is 10.0 Å². The summed E-state index contributed by atoms with van der Waals surface area (Å²) in [6.45, 7) is 0.539. The van der Waals surface area contributed by atoms with E-state index in [0.717, 1.165) is 5.56 Å². The van der Waals surface area contributed by atoms with E-state index in [9.17, 15) is 8.42 Å². The average molecular weight is 291 g/mol. The molecule has 0 unspecified atom stereocenters. The number of nitrogens with two attached hydrogens (primary N) is 1. The maximum atomic E-state index is 12.0. The lowest BCUT2D eigenvalue weighted by Crippen LogP contribution is -2.20. The fraction of sp³-hybridized carbons (Fsp3) is 0.143. The largest absolute Gasteiger partial charge is 0.399 e. The Morgan fingerprint density at radius 3 is 2.45 bits per heavy atom. The Morgan fingerprint density at radius 1 is 1.10 bits per heavy atom. The number of nitrogens with one attached hydrogen (secondary N) is 2. The predicted molar refractivity (Wildman–Crippen MR) is 80.9 cm³/mol. The van der Waals surface area contributed by atoms with Crippen molar-refractivity contribution in [3.8, 4) is 0 Å². The van der Waals surface area contributed by atoms with Crippen LogP contribution in [0.4, 0.5) is 11.4 Å². The molecule has 0 aliphatic carbocycles. The summed E-state index contributed by atoms with van der Waals surface area (Å²) in [5, 5.41) is 3.12. The molecular formula is C14H17N3O2S. The van der Waals surface area contributed by atoms with Crippen LogP contribution in [0.25, 0.3) is 0 Å². The van der Waals surface area contributed by atoms with Gasteiger partial charge in [-0.1, -0.05) is 30.3 Å². The van der Waals surface area contributed by atoms with Gasteiger partial charge in [0.1, 0.15) is 4.90 Å². The Bertz CT molecular complexity index is 685. The SMILES string of the molecule is CNS(=O)(=O)c1cc(N)ccc1NCc1ccccc1. The number of hydrogen-bond acceptors (Lipinski definition) is 4. The minimum atomic E-state index is -3.55. The molecule has 0 aliphatic heterocycles. The summed E-state index contributed by atoms with van der Waals surface area (Å²) < 4.78 is 26.3. The minimum Gasteiger partial charge on any atom is -0.399 e. The van der Waals surface area contributed by atoms with Crippen molar-refractivity contribution in [3.63, 3.8) is 0 Å². The summed E-state index contributed by atoms with van der Waals surface area (Å²) in [5.74, 6) is 0. The number of hydrogen-bond donors (Lipinski definition) is 3. The summed E-state index contributed by atoms with van der Waals surface area (Å²) in [6.07, 6.45) is 0. The molecule has 2 aromatic rings. The molecule has 20 heavy (non-hydrogen) atoms. The highest BCUT2D eigenvalue weighted by Gasteiger charge is 2.16. The molecule has 0 aliphatic rings. The first-order valence-electron chi connectivity index (χ1n) is 6.14. The molecule has 0 heterocycles. The second-order valence-corrected chi connectivity index (χ2v) is 6.16. The molecule has 0 spiro atoms. The lowest BCUT2D eigenvalue weighted by Gasteiger charge is -2.13. The van der Waals surface area contributed by atoms with Crippen LogP contribution in [-0.4, -0.2) is 15.5 Å². The zero-order chi connectivity index (χ0) is 14.6. The molecule has 2 aromatic carbocycles. The van der Waals surface area contributed by atoms with E-state index in [0.29, 0.717) is 17.9 Å². The first-order valence-corrected chi connectivity index (χ1v) is 7.62. The second kappa shape index (κ2) is 5.94. The number of anilines is 2. The van der Waals surface area contributed by atoms with Crippen LogP contribution in [0, 0.1) is 0 Å². The third-order valence-electron chi connectivity index (χ3n) is 2.89. The molecule has 0 saturated carbocycles. The molecule has 0 aromatic heterocycles. The molecule has 0 bridgehead atoms. The normalized spacial score (nSPS) is 11.2. The lowest BCUT2D eigenvalue weighted by molar-refractivity contribution is 0.588. The van der Waals surface area contributed by atoms with E-state index in [1.807, 2.05) is 30.3 Å². The molecule has 0 amide bonds. The smallest absolute Gasteiger partial charge is 0.242 e. The third kappa shape index (κ3) is 3.28. The van der Waals surface area contributed by atoms with Gasteiger partial charge in [-0.15, -0.1) is 0 Å². The van der Waals surface area contributed by atoms with Gasteiger partial charge in [-0.3, -0.25) is 0 Å². The van der Waals surface area contributed by atoms with E-state index in [1.54, 1.807) is 12.1 Å². The maximum Gasteiger partial charge on any atom is 0.242 e. The highest BCUT2D eigenvalue weighted by molar-refractivity contribution is 7.89. The van der Waals surface area contributed by atoms with Crippen LogP contribution in [0.2, 0.25) is 0 Å². The van der Waals surface area contributed by atoms with E-state index in [4.69, 9.17) is 5.73 Å². The Hall–Kier alpha value is -2.05. The zero-order valence-electron chi connectivity index (χ0n) is 11.1. The van der Waals surface area contributed by atoms with Crippen molar-refractivity contribution in [3.05, 3.63) is 54.1 Å². The van der Waals surface area contributed by atoms with E-state index in [1.165, 1.54) is 13.1 Å². The first-order chi connectivity index (χ1) is 9.53. The molecule has 106 valence electrons. The van der Waals surface area contributed by atoms with E-state index >= 15 is 0 Å². The van der Waals surface area contributed by atoms with Crippen molar-refractivity contribution < 1.29 is 8.42 Å². The zero-order valence-corrected chi connectivity index (χ0v) is 11.9. The Balaban J connectivity index is 2.28. The van der Waals surface area contributed by atoms with Gasteiger partial charge >= 0.3 is 0 Å². The van der Waals surface area contributed by atoms with Crippen molar-refractivity contribution in [1.82, 2.24) is 4.72 Å².